The van der Waals surface area contributed by atoms with E-state index in [0.29, 0.717) is 12.1 Å². The van der Waals surface area contributed by atoms with Crippen LogP contribution in [0.4, 0.5) is 10.5 Å². The molecule has 1 atom stereocenters. The Morgan fingerprint density at radius 1 is 1.17 bits per heavy atom. The number of carbonyl (C=O) groups excluding carboxylic acids is 3. The van der Waals surface area contributed by atoms with Gasteiger partial charge in [0.05, 0.1) is 18.8 Å². The van der Waals surface area contributed by atoms with E-state index in [1.807, 2.05) is 37.3 Å². The first-order chi connectivity index (χ1) is 14.4. The van der Waals surface area contributed by atoms with Crippen molar-refractivity contribution in [3.8, 4) is 5.75 Å². The van der Waals surface area contributed by atoms with E-state index >= 15 is 0 Å². The van der Waals surface area contributed by atoms with E-state index in [1.165, 1.54) is 0 Å². The van der Waals surface area contributed by atoms with Gasteiger partial charge in [-0.1, -0.05) is 23.9 Å². The van der Waals surface area contributed by atoms with Gasteiger partial charge in [-0.05, 0) is 54.8 Å². The summed E-state index contributed by atoms with van der Waals surface area (Å²) < 4.78 is 5.30. The molecule has 0 saturated carbocycles. The second-order valence-corrected chi connectivity index (χ2v) is 8.32. The summed E-state index contributed by atoms with van der Waals surface area (Å²) >= 11 is 1.01. The van der Waals surface area contributed by atoms with Crippen LogP contribution in [-0.4, -0.2) is 34.4 Å². The Hall–Kier alpha value is -3.26. The Labute approximate surface area is 177 Å². The highest BCUT2D eigenvalue weighted by Gasteiger charge is 2.31. The average Bonchev–Trinajstić information content (AvgIpc) is 3.20. The zero-order valence-corrected chi connectivity index (χ0v) is 17.4. The zero-order chi connectivity index (χ0) is 21.3. The summed E-state index contributed by atoms with van der Waals surface area (Å²) in [6.07, 6.45) is 0.703. The third-order valence-electron chi connectivity index (χ3n) is 5.09. The fraction of sp³-hybridized carbons (Fsp3) is 0.227. The molecule has 0 radical (unpaired) electrons. The van der Waals surface area contributed by atoms with Crippen molar-refractivity contribution < 1.29 is 19.1 Å². The molecule has 0 aliphatic carbocycles. The number of imide groups is 1. The highest BCUT2D eigenvalue weighted by atomic mass is 32.2. The van der Waals surface area contributed by atoms with Gasteiger partial charge in [-0.15, -0.1) is 0 Å². The van der Waals surface area contributed by atoms with Crippen molar-refractivity contribution in [1.82, 2.24) is 10.3 Å². The number of benzene rings is 2. The van der Waals surface area contributed by atoms with Gasteiger partial charge in [0.1, 0.15) is 5.75 Å². The van der Waals surface area contributed by atoms with Gasteiger partial charge < -0.3 is 15.0 Å². The van der Waals surface area contributed by atoms with Gasteiger partial charge in [0.15, 0.2) is 0 Å². The van der Waals surface area contributed by atoms with Crippen LogP contribution >= 0.6 is 11.8 Å². The maximum atomic E-state index is 12.6. The number of nitrogens with one attached hydrogen (secondary N) is 3. The Morgan fingerprint density at radius 2 is 1.93 bits per heavy atom. The quantitative estimate of drug-likeness (QED) is 0.563. The van der Waals surface area contributed by atoms with E-state index in [9.17, 15) is 14.4 Å². The lowest BCUT2D eigenvalue weighted by atomic mass is 10.1. The van der Waals surface area contributed by atoms with E-state index in [1.54, 1.807) is 19.2 Å². The second-order valence-electron chi connectivity index (χ2n) is 7.15. The molecule has 154 valence electrons. The molecule has 7 nitrogen and oxygen atoms in total. The van der Waals surface area contributed by atoms with Crippen molar-refractivity contribution in [2.24, 2.45) is 0 Å². The third kappa shape index (κ3) is 4.18. The molecule has 2 heterocycles. The normalized spacial score (nSPS) is 16.0. The summed E-state index contributed by atoms with van der Waals surface area (Å²) in [5.41, 5.74) is 4.46. The lowest BCUT2D eigenvalue weighted by Crippen LogP contribution is -2.25. The molecule has 1 fully saturated rings. The average molecular weight is 423 g/mol. The smallest absolute Gasteiger partial charge is 0.286 e. The van der Waals surface area contributed by atoms with Gasteiger partial charge >= 0.3 is 0 Å². The van der Waals surface area contributed by atoms with Crippen molar-refractivity contribution in [3.05, 3.63) is 59.3 Å². The molecule has 0 bridgehead atoms. The van der Waals surface area contributed by atoms with Gasteiger partial charge in [-0.2, -0.15) is 0 Å². The molecule has 4 rings (SSSR count). The molecule has 1 aromatic heterocycles. The zero-order valence-electron chi connectivity index (χ0n) is 16.6. The van der Waals surface area contributed by atoms with Crippen LogP contribution in [0.2, 0.25) is 0 Å². The first-order valence-electron chi connectivity index (χ1n) is 9.48. The Balaban J connectivity index is 1.42. The molecule has 1 unspecified atom stereocenters. The van der Waals surface area contributed by atoms with E-state index < -0.39 is 5.25 Å². The van der Waals surface area contributed by atoms with Crippen molar-refractivity contribution in [2.45, 2.75) is 25.0 Å². The number of methoxy groups -OCH3 is 1. The standard InChI is InChI=1S/C22H21N3O4S/c1-12-16(17-10-15(29-2)7-8-18(17)23-12)11-20(26)24-14-5-3-13(4-6-14)9-19-21(27)25-22(28)30-19/h3-8,10,19,23H,9,11H2,1-2H3,(H,24,26)(H,25,27,28). The molecular formula is C22H21N3O4S. The molecule has 3 N–H and O–H groups in total. The van der Waals surface area contributed by atoms with E-state index in [-0.39, 0.29) is 23.5 Å². The minimum Gasteiger partial charge on any atom is -0.497 e. The van der Waals surface area contributed by atoms with Gasteiger partial charge in [-0.25, -0.2) is 0 Å². The van der Waals surface area contributed by atoms with Crippen LogP contribution in [0.1, 0.15) is 16.8 Å². The van der Waals surface area contributed by atoms with Crippen LogP contribution in [-0.2, 0) is 22.4 Å². The number of rotatable bonds is 6. The Kier molecular flexibility index (Phi) is 5.50. The lowest BCUT2D eigenvalue weighted by Gasteiger charge is -2.09. The SMILES string of the molecule is COc1ccc2[nH]c(C)c(CC(=O)Nc3ccc(CC4SC(=O)NC4=O)cc3)c2c1. The summed E-state index contributed by atoms with van der Waals surface area (Å²) in [6.45, 7) is 1.95. The molecule has 1 saturated heterocycles. The number of H-pyrrole nitrogens is 1. The number of carbonyl (C=O) groups is 3. The number of thioether (sulfide) groups is 1. The first kappa shape index (κ1) is 20.0. The van der Waals surface area contributed by atoms with Crippen molar-refractivity contribution in [2.75, 3.05) is 12.4 Å². The van der Waals surface area contributed by atoms with Gasteiger partial charge in [0, 0.05) is 22.3 Å². The van der Waals surface area contributed by atoms with Crippen molar-refractivity contribution >= 4 is 45.4 Å². The van der Waals surface area contributed by atoms with Crippen molar-refractivity contribution in [3.63, 3.8) is 0 Å². The number of aromatic nitrogens is 1. The minimum atomic E-state index is -0.403. The number of hydrogen-bond acceptors (Lipinski definition) is 5. The fourth-order valence-electron chi connectivity index (χ4n) is 3.55. The van der Waals surface area contributed by atoms with Crippen LogP contribution in [0.25, 0.3) is 10.9 Å². The van der Waals surface area contributed by atoms with Crippen molar-refractivity contribution in [1.29, 1.82) is 0 Å². The number of fused-ring (bicyclic) bond motifs is 1. The summed E-state index contributed by atoms with van der Waals surface area (Å²) in [6, 6.07) is 13.1. The summed E-state index contributed by atoms with van der Waals surface area (Å²) in [7, 11) is 1.62. The number of hydrogen-bond donors (Lipinski definition) is 3. The molecule has 2 aromatic carbocycles. The van der Waals surface area contributed by atoms with Crippen LogP contribution < -0.4 is 15.4 Å². The van der Waals surface area contributed by atoms with E-state index in [0.717, 1.165) is 45.2 Å². The molecule has 30 heavy (non-hydrogen) atoms. The number of ether oxygens (including phenoxy) is 1. The predicted molar refractivity (Wildman–Crippen MR) is 117 cm³/mol. The predicted octanol–water partition coefficient (Wildman–Crippen LogP) is 3.56. The van der Waals surface area contributed by atoms with Gasteiger partial charge in [0.2, 0.25) is 11.8 Å². The Bertz CT molecular complexity index is 1140. The molecular weight excluding hydrogens is 402 g/mol. The highest BCUT2D eigenvalue weighted by Crippen LogP contribution is 2.27. The van der Waals surface area contributed by atoms with Crippen LogP contribution in [0.3, 0.4) is 0 Å². The number of aryl methyl sites for hydroxylation is 1. The van der Waals surface area contributed by atoms with Crippen LogP contribution in [0.5, 0.6) is 5.75 Å². The monoisotopic (exact) mass is 423 g/mol. The summed E-state index contributed by atoms with van der Waals surface area (Å²) in [5.74, 6) is 0.369. The van der Waals surface area contributed by atoms with Crippen LogP contribution in [0, 0.1) is 6.92 Å². The lowest BCUT2D eigenvalue weighted by molar-refractivity contribution is -0.119. The molecule has 3 aromatic rings. The molecule has 1 aliphatic rings. The maximum Gasteiger partial charge on any atom is 0.286 e. The van der Waals surface area contributed by atoms with E-state index in [2.05, 4.69) is 15.6 Å². The molecule has 1 aliphatic heterocycles. The fourth-order valence-corrected chi connectivity index (χ4v) is 4.41. The largest absolute Gasteiger partial charge is 0.497 e. The number of anilines is 1. The topological polar surface area (TPSA) is 100 Å². The van der Waals surface area contributed by atoms with Crippen LogP contribution in [0.15, 0.2) is 42.5 Å². The molecule has 0 spiro atoms. The minimum absolute atomic E-state index is 0.120. The summed E-state index contributed by atoms with van der Waals surface area (Å²) in [4.78, 5) is 38.9. The molecule has 3 amide bonds. The van der Waals surface area contributed by atoms with Gasteiger partial charge in [-0.3, -0.25) is 19.7 Å². The van der Waals surface area contributed by atoms with E-state index in [4.69, 9.17) is 4.74 Å². The molecule has 8 heteroatoms. The summed E-state index contributed by atoms with van der Waals surface area (Å²) in [5, 5.41) is 5.46. The second kappa shape index (κ2) is 8.23. The first-order valence-corrected chi connectivity index (χ1v) is 10.4. The number of amides is 3. The van der Waals surface area contributed by atoms with Gasteiger partial charge in [0.25, 0.3) is 5.24 Å². The highest BCUT2D eigenvalue weighted by molar-refractivity contribution is 8.15. The third-order valence-corrected chi connectivity index (χ3v) is 6.07. The number of aromatic amines is 1. The maximum absolute atomic E-state index is 12.6. The Morgan fingerprint density at radius 3 is 2.60 bits per heavy atom.